The molecular weight excluding hydrogens is 150 g/mol. The number of piperazine rings is 1. The Morgan fingerprint density at radius 1 is 1.55 bits per heavy atom. The van der Waals surface area contributed by atoms with Crippen LogP contribution in [0.2, 0.25) is 0 Å². The molecule has 1 fully saturated rings. The Balaban J connectivity index is 2.74. The lowest BCUT2D eigenvalue weighted by molar-refractivity contribution is -0.145. The zero-order chi connectivity index (χ0) is 8.43. The number of rotatable bonds is 0. The van der Waals surface area contributed by atoms with E-state index in [1.165, 1.54) is 0 Å². The second kappa shape index (κ2) is 2.57. The standard InChI is InChI=1S/C5H7N3O3/c6-5(11)8-2-1-7-3(9)4(8)10/h1-2H2,(H2,6,11)(H,7,9). The van der Waals surface area contributed by atoms with Crippen molar-refractivity contribution >= 4 is 17.8 Å². The molecule has 1 saturated heterocycles. The number of urea groups is 1. The maximum absolute atomic E-state index is 10.8. The second-order valence-electron chi connectivity index (χ2n) is 2.05. The third-order valence-electron chi connectivity index (χ3n) is 1.33. The van der Waals surface area contributed by atoms with Crippen LogP contribution in [0.4, 0.5) is 4.79 Å². The lowest BCUT2D eigenvalue weighted by Gasteiger charge is -2.22. The molecule has 0 bridgehead atoms. The normalized spacial score (nSPS) is 18.0. The van der Waals surface area contributed by atoms with Crippen LogP contribution < -0.4 is 11.1 Å². The smallest absolute Gasteiger partial charge is 0.321 e. The highest BCUT2D eigenvalue weighted by Crippen LogP contribution is 1.93. The lowest BCUT2D eigenvalue weighted by atomic mass is 10.3. The molecule has 0 saturated carbocycles. The van der Waals surface area contributed by atoms with Crippen molar-refractivity contribution in [2.45, 2.75) is 0 Å². The maximum Gasteiger partial charge on any atom is 0.321 e. The molecule has 0 aromatic heterocycles. The summed E-state index contributed by atoms with van der Waals surface area (Å²) in [6, 6.07) is -0.884. The van der Waals surface area contributed by atoms with Gasteiger partial charge in [-0.1, -0.05) is 0 Å². The highest BCUT2D eigenvalue weighted by atomic mass is 16.2. The van der Waals surface area contributed by atoms with E-state index in [2.05, 4.69) is 5.32 Å². The topological polar surface area (TPSA) is 92.5 Å². The predicted molar refractivity (Wildman–Crippen MR) is 34.3 cm³/mol. The molecule has 3 N–H and O–H groups in total. The molecule has 1 aliphatic heterocycles. The van der Waals surface area contributed by atoms with E-state index in [0.717, 1.165) is 0 Å². The van der Waals surface area contributed by atoms with E-state index in [0.29, 0.717) is 4.90 Å². The van der Waals surface area contributed by atoms with Gasteiger partial charge in [-0.15, -0.1) is 0 Å². The number of primary amides is 1. The highest BCUT2D eigenvalue weighted by Gasteiger charge is 2.29. The summed E-state index contributed by atoms with van der Waals surface area (Å²) in [4.78, 5) is 32.5. The summed E-state index contributed by atoms with van der Waals surface area (Å²) in [6.45, 7) is 0.424. The second-order valence-corrected chi connectivity index (χ2v) is 2.05. The summed E-state index contributed by atoms with van der Waals surface area (Å²) in [7, 11) is 0. The van der Waals surface area contributed by atoms with Gasteiger partial charge in [0, 0.05) is 13.1 Å². The zero-order valence-electron chi connectivity index (χ0n) is 5.66. The first-order valence-corrected chi connectivity index (χ1v) is 3.02. The molecule has 0 spiro atoms. The van der Waals surface area contributed by atoms with Crippen LogP contribution in [0.1, 0.15) is 0 Å². The number of amides is 4. The van der Waals surface area contributed by atoms with Crippen molar-refractivity contribution in [1.82, 2.24) is 10.2 Å². The molecule has 6 nitrogen and oxygen atoms in total. The lowest BCUT2D eigenvalue weighted by Crippen LogP contribution is -2.55. The quantitative estimate of drug-likeness (QED) is 0.399. The summed E-state index contributed by atoms with van der Waals surface area (Å²) in [5.74, 6) is -1.67. The molecule has 11 heavy (non-hydrogen) atoms. The van der Waals surface area contributed by atoms with Gasteiger partial charge in [-0.2, -0.15) is 0 Å². The minimum absolute atomic E-state index is 0.153. The number of carbonyl (C=O) groups is 3. The summed E-state index contributed by atoms with van der Waals surface area (Å²) in [5.41, 5.74) is 4.81. The van der Waals surface area contributed by atoms with E-state index in [9.17, 15) is 14.4 Å². The Morgan fingerprint density at radius 3 is 2.64 bits per heavy atom. The first-order valence-electron chi connectivity index (χ1n) is 3.02. The molecule has 0 aliphatic carbocycles. The van der Waals surface area contributed by atoms with Crippen LogP contribution in [-0.2, 0) is 9.59 Å². The largest absolute Gasteiger partial charge is 0.351 e. The average Bonchev–Trinajstić information content (AvgIpc) is 1.94. The van der Waals surface area contributed by atoms with Crippen LogP contribution in [0.15, 0.2) is 0 Å². The fourth-order valence-electron chi connectivity index (χ4n) is 0.791. The number of imide groups is 1. The van der Waals surface area contributed by atoms with Crippen molar-refractivity contribution in [1.29, 1.82) is 0 Å². The van der Waals surface area contributed by atoms with Gasteiger partial charge in [0.15, 0.2) is 0 Å². The molecule has 0 unspecified atom stereocenters. The van der Waals surface area contributed by atoms with E-state index in [1.54, 1.807) is 0 Å². The van der Waals surface area contributed by atoms with Crippen molar-refractivity contribution in [2.75, 3.05) is 13.1 Å². The molecule has 6 heteroatoms. The van der Waals surface area contributed by atoms with Crippen LogP contribution >= 0.6 is 0 Å². The number of nitrogens with zero attached hydrogens (tertiary/aromatic N) is 1. The maximum atomic E-state index is 10.8. The Hall–Kier alpha value is -1.59. The van der Waals surface area contributed by atoms with Gasteiger partial charge in [0.1, 0.15) is 0 Å². The number of carbonyl (C=O) groups excluding carboxylic acids is 3. The minimum Gasteiger partial charge on any atom is -0.351 e. The monoisotopic (exact) mass is 157 g/mol. The minimum atomic E-state index is -0.885. The Labute approximate surface area is 62.3 Å². The number of hydrogen-bond acceptors (Lipinski definition) is 3. The summed E-state index contributed by atoms with van der Waals surface area (Å²) in [6.07, 6.45) is 0. The number of nitrogens with two attached hydrogens (primary N) is 1. The van der Waals surface area contributed by atoms with Crippen LogP contribution in [0.5, 0.6) is 0 Å². The Kier molecular flexibility index (Phi) is 1.75. The third-order valence-corrected chi connectivity index (χ3v) is 1.33. The number of hydrogen-bond donors (Lipinski definition) is 2. The number of nitrogens with one attached hydrogen (secondary N) is 1. The van der Waals surface area contributed by atoms with Crippen LogP contribution in [0.3, 0.4) is 0 Å². The van der Waals surface area contributed by atoms with Crippen molar-refractivity contribution in [3.8, 4) is 0 Å². The Bertz CT molecular complexity index is 225. The molecule has 0 radical (unpaired) electrons. The molecule has 0 aromatic rings. The Morgan fingerprint density at radius 2 is 2.18 bits per heavy atom. The van der Waals surface area contributed by atoms with Gasteiger partial charge >= 0.3 is 17.8 Å². The molecule has 0 atom stereocenters. The van der Waals surface area contributed by atoms with Crippen LogP contribution in [0, 0.1) is 0 Å². The zero-order valence-corrected chi connectivity index (χ0v) is 5.66. The van der Waals surface area contributed by atoms with E-state index in [1.807, 2.05) is 0 Å². The van der Waals surface area contributed by atoms with E-state index in [-0.39, 0.29) is 13.1 Å². The van der Waals surface area contributed by atoms with Crippen LogP contribution in [-0.4, -0.2) is 35.8 Å². The predicted octanol–water partition coefficient (Wildman–Crippen LogP) is -1.98. The van der Waals surface area contributed by atoms with Gasteiger partial charge in [-0.05, 0) is 0 Å². The summed E-state index contributed by atoms with van der Waals surface area (Å²) < 4.78 is 0. The first kappa shape index (κ1) is 7.52. The molecule has 1 aliphatic rings. The molecule has 1 heterocycles. The molecule has 1 rings (SSSR count). The van der Waals surface area contributed by atoms with Gasteiger partial charge < -0.3 is 11.1 Å². The van der Waals surface area contributed by atoms with Crippen molar-refractivity contribution < 1.29 is 14.4 Å². The highest BCUT2D eigenvalue weighted by molar-refractivity contribution is 6.38. The van der Waals surface area contributed by atoms with Crippen molar-refractivity contribution in [2.24, 2.45) is 5.73 Å². The van der Waals surface area contributed by atoms with Crippen molar-refractivity contribution in [3.63, 3.8) is 0 Å². The van der Waals surface area contributed by atoms with Gasteiger partial charge in [0.05, 0.1) is 0 Å². The SMILES string of the molecule is NC(=O)N1CCNC(=O)C1=O. The third kappa shape index (κ3) is 1.28. The summed E-state index contributed by atoms with van der Waals surface area (Å²) in [5, 5.41) is 2.28. The first-order chi connectivity index (χ1) is 5.13. The van der Waals surface area contributed by atoms with E-state index < -0.39 is 17.8 Å². The summed E-state index contributed by atoms with van der Waals surface area (Å²) >= 11 is 0. The molecule has 0 aromatic carbocycles. The molecule has 60 valence electrons. The van der Waals surface area contributed by atoms with E-state index in [4.69, 9.17) is 5.73 Å². The fraction of sp³-hybridized carbons (Fsp3) is 0.400. The fourth-order valence-corrected chi connectivity index (χ4v) is 0.791. The average molecular weight is 157 g/mol. The molecular formula is C5H7N3O3. The van der Waals surface area contributed by atoms with Gasteiger partial charge in [0.25, 0.3) is 0 Å². The van der Waals surface area contributed by atoms with E-state index >= 15 is 0 Å². The molecule has 4 amide bonds. The van der Waals surface area contributed by atoms with Crippen molar-refractivity contribution in [3.05, 3.63) is 0 Å². The van der Waals surface area contributed by atoms with Gasteiger partial charge in [0.2, 0.25) is 0 Å². The van der Waals surface area contributed by atoms with Crippen LogP contribution in [0.25, 0.3) is 0 Å². The van der Waals surface area contributed by atoms with Gasteiger partial charge in [-0.3, -0.25) is 14.5 Å². The van der Waals surface area contributed by atoms with Gasteiger partial charge in [-0.25, -0.2) is 4.79 Å².